The Balaban J connectivity index is 1.78. The molecule has 0 aliphatic heterocycles. The smallest absolute Gasteiger partial charge is 0.359 e. The van der Waals surface area contributed by atoms with Crippen molar-refractivity contribution in [2.45, 2.75) is 6.92 Å². The van der Waals surface area contributed by atoms with Crippen LogP contribution in [0.1, 0.15) is 16.1 Å². The van der Waals surface area contributed by atoms with Crippen molar-refractivity contribution in [3.8, 4) is 0 Å². The number of anilines is 1. The minimum Gasteiger partial charge on any atom is -0.451 e. The number of hydrogen-bond acceptors (Lipinski definition) is 6. The van der Waals surface area contributed by atoms with Crippen LogP contribution in [0.4, 0.5) is 5.69 Å². The van der Waals surface area contributed by atoms with Gasteiger partial charge in [0.05, 0.1) is 12.7 Å². The summed E-state index contributed by atoms with van der Waals surface area (Å²) in [7, 11) is 1.45. The summed E-state index contributed by atoms with van der Waals surface area (Å²) in [5.74, 6) is -1.60. The quantitative estimate of drug-likeness (QED) is 0.787. The third-order valence-corrected chi connectivity index (χ3v) is 3.24. The number of likely N-dealkylation sites (N-methyl/N-ethyl adjacent to an activating group) is 1. The second-order valence-corrected chi connectivity index (χ2v) is 5.33. The van der Waals surface area contributed by atoms with Crippen molar-refractivity contribution in [2.24, 2.45) is 0 Å². The first-order valence-electron chi connectivity index (χ1n) is 7.49. The lowest BCUT2D eigenvalue weighted by Crippen LogP contribution is -2.37. The molecule has 0 bridgehead atoms. The van der Waals surface area contributed by atoms with Crippen LogP contribution in [0.2, 0.25) is 0 Å². The second-order valence-electron chi connectivity index (χ2n) is 5.33. The fourth-order valence-corrected chi connectivity index (χ4v) is 1.86. The van der Waals surface area contributed by atoms with E-state index >= 15 is 0 Å². The normalized spacial score (nSPS) is 10.0. The van der Waals surface area contributed by atoms with Gasteiger partial charge in [-0.15, -0.1) is 0 Å². The average molecular weight is 342 g/mol. The van der Waals surface area contributed by atoms with Gasteiger partial charge in [-0.2, -0.15) is 0 Å². The lowest BCUT2D eigenvalue weighted by atomic mass is 10.2. The number of carbonyl (C=O) groups excluding carboxylic acids is 3. The highest BCUT2D eigenvalue weighted by molar-refractivity contribution is 5.95. The maximum absolute atomic E-state index is 11.9. The van der Waals surface area contributed by atoms with Gasteiger partial charge in [0.1, 0.15) is 0 Å². The van der Waals surface area contributed by atoms with Gasteiger partial charge >= 0.3 is 5.97 Å². The van der Waals surface area contributed by atoms with Crippen molar-refractivity contribution in [1.29, 1.82) is 0 Å². The molecule has 25 heavy (non-hydrogen) atoms. The van der Waals surface area contributed by atoms with E-state index in [1.165, 1.54) is 30.5 Å². The molecule has 1 aromatic heterocycles. The first kappa shape index (κ1) is 18.1. The number of benzene rings is 1. The molecule has 0 radical (unpaired) electrons. The summed E-state index contributed by atoms with van der Waals surface area (Å²) in [6.07, 6.45) is 4.01. The van der Waals surface area contributed by atoms with E-state index < -0.39 is 18.5 Å². The zero-order valence-electron chi connectivity index (χ0n) is 13.9. The number of amides is 2. The lowest BCUT2D eigenvalue weighted by molar-refractivity contribution is -0.136. The molecule has 1 N–H and O–H groups in total. The Morgan fingerprint density at radius 3 is 2.52 bits per heavy atom. The molecular weight excluding hydrogens is 324 g/mol. The predicted molar refractivity (Wildman–Crippen MR) is 89.8 cm³/mol. The standard InChI is InChI=1S/C17H18N4O4/c1-12-3-5-13(6-4-12)20-15(22)10-21(2)16(23)11-25-17(24)14-9-18-7-8-19-14/h3-9H,10-11H2,1-2H3,(H,20,22). The van der Waals surface area contributed by atoms with E-state index in [1.54, 1.807) is 12.1 Å². The minimum absolute atomic E-state index is 0.00932. The zero-order valence-corrected chi connectivity index (χ0v) is 13.9. The first-order chi connectivity index (χ1) is 12.0. The Kier molecular flexibility index (Phi) is 6.16. The van der Waals surface area contributed by atoms with Crippen molar-refractivity contribution < 1.29 is 19.1 Å². The van der Waals surface area contributed by atoms with Gasteiger partial charge in [-0.3, -0.25) is 14.6 Å². The molecule has 1 aromatic carbocycles. The van der Waals surface area contributed by atoms with E-state index in [0.717, 1.165) is 5.56 Å². The molecule has 0 saturated heterocycles. The largest absolute Gasteiger partial charge is 0.451 e. The van der Waals surface area contributed by atoms with Crippen molar-refractivity contribution in [3.63, 3.8) is 0 Å². The molecule has 0 unspecified atom stereocenters. The van der Waals surface area contributed by atoms with Crippen molar-refractivity contribution in [1.82, 2.24) is 14.9 Å². The highest BCUT2D eigenvalue weighted by atomic mass is 16.5. The van der Waals surface area contributed by atoms with Crippen molar-refractivity contribution >= 4 is 23.5 Å². The summed E-state index contributed by atoms with van der Waals surface area (Å²) in [5.41, 5.74) is 1.73. The van der Waals surface area contributed by atoms with E-state index in [4.69, 9.17) is 4.74 Å². The van der Waals surface area contributed by atoms with Crippen molar-refractivity contribution in [2.75, 3.05) is 25.5 Å². The third kappa shape index (κ3) is 5.69. The van der Waals surface area contributed by atoms with Crippen LogP contribution in [0, 0.1) is 6.92 Å². The molecule has 2 aromatic rings. The summed E-state index contributed by atoms with van der Waals surface area (Å²) >= 11 is 0. The molecule has 0 aliphatic rings. The van der Waals surface area contributed by atoms with Gasteiger partial charge in [0.2, 0.25) is 5.91 Å². The molecule has 0 spiro atoms. The van der Waals surface area contributed by atoms with Gasteiger partial charge < -0.3 is 15.0 Å². The molecule has 1 heterocycles. The predicted octanol–water partition coefficient (Wildman–Crippen LogP) is 1.04. The van der Waals surface area contributed by atoms with Crippen molar-refractivity contribution in [3.05, 3.63) is 54.1 Å². The van der Waals surface area contributed by atoms with E-state index in [9.17, 15) is 14.4 Å². The highest BCUT2D eigenvalue weighted by Crippen LogP contribution is 2.08. The fraction of sp³-hybridized carbons (Fsp3) is 0.235. The van der Waals surface area contributed by atoms with Crippen LogP contribution in [0.25, 0.3) is 0 Å². The van der Waals surface area contributed by atoms with Crippen LogP contribution in [0.3, 0.4) is 0 Å². The van der Waals surface area contributed by atoms with E-state index in [2.05, 4.69) is 15.3 Å². The number of rotatable bonds is 6. The highest BCUT2D eigenvalue weighted by Gasteiger charge is 2.16. The van der Waals surface area contributed by atoms with Gasteiger partial charge in [0.15, 0.2) is 12.3 Å². The number of ether oxygens (including phenoxy) is 1. The maximum atomic E-state index is 11.9. The van der Waals surface area contributed by atoms with Crippen LogP contribution in [0.15, 0.2) is 42.9 Å². The third-order valence-electron chi connectivity index (χ3n) is 3.24. The van der Waals surface area contributed by atoms with E-state index in [1.807, 2.05) is 19.1 Å². The molecule has 8 heteroatoms. The van der Waals surface area contributed by atoms with Crippen LogP contribution in [-0.4, -0.2) is 52.9 Å². The molecule has 130 valence electrons. The zero-order chi connectivity index (χ0) is 18.2. The summed E-state index contributed by atoms with van der Waals surface area (Å²) in [5, 5.41) is 2.69. The minimum atomic E-state index is -0.751. The van der Waals surface area contributed by atoms with E-state index in [0.29, 0.717) is 5.69 Å². The number of esters is 1. The number of nitrogens with zero attached hydrogens (tertiary/aromatic N) is 3. The number of aryl methyl sites for hydroxylation is 1. The second kappa shape index (κ2) is 8.53. The molecular formula is C17H18N4O4. The monoisotopic (exact) mass is 342 g/mol. The Labute approximate surface area is 144 Å². The van der Waals surface area contributed by atoms with Gasteiger partial charge in [0.25, 0.3) is 5.91 Å². The summed E-state index contributed by atoms with van der Waals surface area (Å²) < 4.78 is 4.86. The van der Waals surface area contributed by atoms with Crippen LogP contribution < -0.4 is 5.32 Å². The fourth-order valence-electron chi connectivity index (χ4n) is 1.86. The van der Waals surface area contributed by atoms with Crippen LogP contribution in [-0.2, 0) is 14.3 Å². The number of aromatic nitrogens is 2. The Morgan fingerprint density at radius 2 is 1.88 bits per heavy atom. The molecule has 0 aliphatic carbocycles. The average Bonchev–Trinajstić information content (AvgIpc) is 2.62. The Hall–Kier alpha value is -3.29. The molecule has 2 amide bonds. The molecule has 0 atom stereocenters. The molecule has 8 nitrogen and oxygen atoms in total. The number of carbonyl (C=O) groups is 3. The Morgan fingerprint density at radius 1 is 1.16 bits per heavy atom. The van der Waals surface area contributed by atoms with Gasteiger partial charge in [-0.1, -0.05) is 17.7 Å². The molecule has 0 saturated carbocycles. The molecule has 2 rings (SSSR count). The Bertz CT molecular complexity index is 747. The summed E-state index contributed by atoms with van der Waals surface area (Å²) in [6.45, 7) is 1.31. The maximum Gasteiger partial charge on any atom is 0.359 e. The number of nitrogens with one attached hydrogen (secondary N) is 1. The van der Waals surface area contributed by atoms with Crippen LogP contribution in [0.5, 0.6) is 0 Å². The first-order valence-corrected chi connectivity index (χ1v) is 7.49. The van der Waals surface area contributed by atoms with Crippen LogP contribution >= 0.6 is 0 Å². The summed E-state index contributed by atoms with van der Waals surface area (Å²) in [4.78, 5) is 44.3. The summed E-state index contributed by atoms with van der Waals surface area (Å²) in [6, 6.07) is 7.29. The van der Waals surface area contributed by atoms with Gasteiger partial charge in [-0.25, -0.2) is 9.78 Å². The van der Waals surface area contributed by atoms with Gasteiger partial charge in [0, 0.05) is 25.1 Å². The topological polar surface area (TPSA) is 101 Å². The van der Waals surface area contributed by atoms with E-state index in [-0.39, 0.29) is 18.1 Å². The lowest BCUT2D eigenvalue weighted by Gasteiger charge is -2.16. The number of hydrogen-bond donors (Lipinski definition) is 1. The SMILES string of the molecule is Cc1ccc(NC(=O)CN(C)C(=O)COC(=O)c2cnccn2)cc1. The molecule has 0 fully saturated rings. The van der Waals surface area contributed by atoms with Gasteiger partial charge in [-0.05, 0) is 19.1 Å².